The van der Waals surface area contributed by atoms with E-state index in [1.54, 1.807) is 5.57 Å². The molecular weight excluding hydrogens is 300 g/mol. The summed E-state index contributed by atoms with van der Waals surface area (Å²) in [6, 6.07) is 0. The highest BCUT2D eigenvalue weighted by Crippen LogP contribution is 2.56. The van der Waals surface area contributed by atoms with Crippen LogP contribution in [0.1, 0.15) is 73.1 Å². The summed E-state index contributed by atoms with van der Waals surface area (Å²) in [5.74, 6) is 0.103. The Labute approximate surface area is 147 Å². The predicted molar refractivity (Wildman–Crippen MR) is 97.6 cm³/mol. The van der Waals surface area contributed by atoms with E-state index in [9.17, 15) is 9.90 Å². The maximum Gasteiger partial charge on any atom is 0.330 e. The number of methoxy groups -OCH3 is 1. The van der Waals surface area contributed by atoms with Crippen LogP contribution in [0.4, 0.5) is 0 Å². The fourth-order valence-corrected chi connectivity index (χ4v) is 4.82. The highest BCUT2D eigenvalue weighted by Gasteiger charge is 2.48. The molecule has 0 saturated heterocycles. The SMILES string of the molecule is COC(=O)C=C(C)C[C@H](O)[C@]1(C)C2=C(CC[C@H]1C)C(C)(C)CCC2. The smallest absolute Gasteiger partial charge is 0.330 e. The van der Waals surface area contributed by atoms with Crippen molar-refractivity contribution in [2.75, 3.05) is 7.11 Å². The Morgan fingerprint density at radius 2 is 2.00 bits per heavy atom. The molecule has 0 fully saturated rings. The van der Waals surface area contributed by atoms with Crippen LogP contribution in [0.2, 0.25) is 0 Å². The van der Waals surface area contributed by atoms with Gasteiger partial charge in [0.15, 0.2) is 0 Å². The van der Waals surface area contributed by atoms with Gasteiger partial charge >= 0.3 is 5.97 Å². The number of carbonyl (C=O) groups is 1. The molecule has 3 heteroatoms. The molecule has 1 N–H and O–H groups in total. The molecule has 3 atom stereocenters. The summed E-state index contributed by atoms with van der Waals surface area (Å²) in [5, 5.41) is 11.1. The number of hydrogen-bond donors (Lipinski definition) is 1. The monoisotopic (exact) mass is 334 g/mol. The van der Waals surface area contributed by atoms with Gasteiger partial charge in [0.2, 0.25) is 0 Å². The minimum Gasteiger partial charge on any atom is -0.466 e. The summed E-state index contributed by atoms with van der Waals surface area (Å²) >= 11 is 0. The largest absolute Gasteiger partial charge is 0.466 e. The molecule has 0 spiro atoms. The van der Waals surface area contributed by atoms with Crippen LogP contribution in [-0.2, 0) is 9.53 Å². The third-order valence-corrected chi connectivity index (χ3v) is 6.68. The predicted octanol–water partition coefficient (Wildman–Crippen LogP) is 4.80. The number of rotatable bonds is 4. The lowest BCUT2D eigenvalue weighted by Gasteiger charge is -2.51. The van der Waals surface area contributed by atoms with Crippen molar-refractivity contribution in [3.8, 4) is 0 Å². The molecule has 0 aromatic heterocycles. The molecule has 0 heterocycles. The summed E-state index contributed by atoms with van der Waals surface area (Å²) < 4.78 is 4.70. The van der Waals surface area contributed by atoms with E-state index < -0.39 is 6.10 Å². The first-order valence-corrected chi connectivity index (χ1v) is 9.29. The molecule has 3 nitrogen and oxygen atoms in total. The van der Waals surface area contributed by atoms with E-state index in [4.69, 9.17) is 4.74 Å². The second-order valence-corrected chi connectivity index (χ2v) is 8.65. The third kappa shape index (κ3) is 3.46. The molecule has 0 bridgehead atoms. The fraction of sp³-hybridized carbons (Fsp3) is 0.762. The van der Waals surface area contributed by atoms with Gasteiger partial charge in [-0.3, -0.25) is 0 Å². The van der Waals surface area contributed by atoms with E-state index in [0.717, 1.165) is 18.4 Å². The lowest BCUT2D eigenvalue weighted by Crippen LogP contribution is -2.45. The molecule has 24 heavy (non-hydrogen) atoms. The van der Waals surface area contributed by atoms with Gasteiger partial charge in [0.25, 0.3) is 0 Å². The standard InChI is InChI=1S/C21H34O3/c1-14(13-19(23)24-6)12-18(22)21(5)15(2)9-10-16-17(21)8-7-11-20(16,3)4/h13,15,18,22H,7-12H2,1-6H3/t15-,18+,21+/m1/s1. The lowest BCUT2D eigenvalue weighted by molar-refractivity contribution is -0.134. The van der Waals surface area contributed by atoms with Crippen LogP contribution in [0.25, 0.3) is 0 Å². The van der Waals surface area contributed by atoms with E-state index in [-0.39, 0.29) is 16.8 Å². The number of carbonyl (C=O) groups excluding carboxylic acids is 1. The zero-order valence-corrected chi connectivity index (χ0v) is 16.2. The molecule has 2 rings (SSSR count). The number of ether oxygens (including phenoxy) is 1. The summed E-state index contributed by atoms with van der Waals surface area (Å²) in [6.07, 6.45) is 7.42. The number of aliphatic hydroxyl groups is 1. The van der Waals surface area contributed by atoms with Gasteiger partial charge in [0.1, 0.15) is 0 Å². The summed E-state index contributed by atoms with van der Waals surface area (Å²) in [7, 11) is 1.38. The normalized spacial score (nSPS) is 31.5. The molecule has 0 unspecified atom stereocenters. The van der Waals surface area contributed by atoms with Crippen LogP contribution in [0, 0.1) is 16.7 Å². The van der Waals surface area contributed by atoms with Crippen molar-refractivity contribution in [3.05, 3.63) is 22.8 Å². The number of aliphatic hydroxyl groups excluding tert-OH is 1. The summed E-state index contributed by atoms with van der Waals surface area (Å²) in [6.45, 7) is 11.1. The zero-order valence-electron chi connectivity index (χ0n) is 16.2. The van der Waals surface area contributed by atoms with Gasteiger partial charge in [-0.15, -0.1) is 0 Å². The van der Waals surface area contributed by atoms with E-state index in [1.165, 1.54) is 38.0 Å². The van der Waals surface area contributed by atoms with Gasteiger partial charge < -0.3 is 9.84 Å². The Balaban J connectivity index is 2.34. The Bertz CT molecular complexity index is 555. The van der Waals surface area contributed by atoms with Crippen molar-refractivity contribution in [3.63, 3.8) is 0 Å². The van der Waals surface area contributed by atoms with E-state index in [2.05, 4.69) is 27.7 Å². The van der Waals surface area contributed by atoms with E-state index >= 15 is 0 Å². The van der Waals surface area contributed by atoms with Gasteiger partial charge in [0.05, 0.1) is 13.2 Å². The van der Waals surface area contributed by atoms with Crippen LogP contribution < -0.4 is 0 Å². The first-order chi connectivity index (χ1) is 11.1. The van der Waals surface area contributed by atoms with Crippen LogP contribution in [0.15, 0.2) is 22.8 Å². The number of hydrogen-bond acceptors (Lipinski definition) is 3. The first-order valence-electron chi connectivity index (χ1n) is 9.29. The zero-order chi connectivity index (χ0) is 18.1. The first kappa shape index (κ1) is 19.2. The molecule has 2 aliphatic carbocycles. The number of esters is 1. The van der Waals surface area contributed by atoms with Crippen molar-refractivity contribution in [1.29, 1.82) is 0 Å². The highest BCUT2D eigenvalue weighted by atomic mass is 16.5. The Hall–Kier alpha value is -1.09. The van der Waals surface area contributed by atoms with Gasteiger partial charge in [-0.05, 0) is 56.8 Å². The van der Waals surface area contributed by atoms with Crippen LogP contribution in [0.3, 0.4) is 0 Å². The molecule has 2 aliphatic rings. The molecule has 0 saturated carbocycles. The average molecular weight is 335 g/mol. The van der Waals surface area contributed by atoms with Crippen LogP contribution in [-0.4, -0.2) is 24.3 Å². The molecule has 0 aromatic carbocycles. The van der Waals surface area contributed by atoms with Crippen LogP contribution >= 0.6 is 0 Å². The van der Waals surface area contributed by atoms with E-state index in [0.29, 0.717) is 12.3 Å². The summed E-state index contributed by atoms with van der Waals surface area (Å²) in [5.41, 5.74) is 4.02. The molecule has 136 valence electrons. The average Bonchev–Trinajstić information content (AvgIpc) is 2.50. The van der Waals surface area contributed by atoms with Gasteiger partial charge in [-0.1, -0.05) is 44.4 Å². The molecule has 0 aromatic rings. The van der Waals surface area contributed by atoms with Crippen LogP contribution in [0.5, 0.6) is 0 Å². The highest BCUT2D eigenvalue weighted by molar-refractivity contribution is 5.82. The van der Waals surface area contributed by atoms with Crippen molar-refractivity contribution in [2.45, 2.75) is 79.2 Å². The maximum atomic E-state index is 11.4. The molecule has 0 amide bonds. The second kappa shape index (κ2) is 7.03. The lowest BCUT2D eigenvalue weighted by atomic mass is 9.54. The molecule has 0 radical (unpaired) electrons. The minimum absolute atomic E-state index is 0.198. The van der Waals surface area contributed by atoms with Gasteiger partial charge in [-0.25, -0.2) is 4.79 Å². The Kier molecular flexibility index (Phi) is 5.64. The number of allylic oxidation sites excluding steroid dienone is 1. The van der Waals surface area contributed by atoms with E-state index in [1.807, 2.05) is 6.92 Å². The Morgan fingerprint density at radius 1 is 1.33 bits per heavy atom. The van der Waals surface area contributed by atoms with Gasteiger partial charge in [-0.2, -0.15) is 0 Å². The second-order valence-electron chi connectivity index (χ2n) is 8.65. The Morgan fingerprint density at radius 3 is 2.62 bits per heavy atom. The minimum atomic E-state index is -0.465. The van der Waals surface area contributed by atoms with Crippen molar-refractivity contribution >= 4 is 5.97 Å². The van der Waals surface area contributed by atoms with Crippen molar-refractivity contribution in [1.82, 2.24) is 0 Å². The van der Waals surface area contributed by atoms with Gasteiger partial charge in [0, 0.05) is 11.5 Å². The third-order valence-electron chi connectivity index (χ3n) is 6.68. The van der Waals surface area contributed by atoms with Crippen molar-refractivity contribution in [2.24, 2.45) is 16.7 Å². The molecule has 0 aliphatic heterocycles. The topological polar surface area (TPSA) is 46.5 Å². The quantitative estimate of drug-likeness (QED) is 0.456. The molecular formula is C21H34O3. The summed E-state index contributed by atoms with van der Waals surface area (Å²) in [4.78, 5) is 11.4. The van der Waals surface area contributed by atoms with Crippen molar-refractivity contribution < 1.29 is 14.6 Å². The maximum absolute atomic E-state index is 11.4. The fourth-order valence-electron chi connectivity index (χ4n) is 4.82.